The summed E-state index contributed by atoms with van der Waals surface area (Å²) in [5.74, 6) is 0.105. The highest BCUT2D eigenvalue weighted by Gasteiger charge is 2.43. The Kier molecular flexibility index (Phi) is 2.21. The Balaban J connectivity index is 1.58. The molecule has 3 aliphatic rings. The van der Waals surface area contributed by atoms with Crippen LogP contribution in [0.15, 0.2) is 0 Å². The first-order valence-electron chi connectivity index (χ1n) is 5.93. The minimum Gasteiger partial charge on any atom is -0.481 e. The molecule has 0 aromatic carbocycles. The van der Waals surface area contributed by atoms with Crippen molar-refractivity contribution in [1.29, 1.82) is 0 Å². The van der Waals surface area contributed by atoms with Gasteiger partial charge in [0.2, 0.25) is 0 Å². The molecule has 1 N–H and O–H groups in total. The fraction of sp³-hybridized carbons (Fsp3) is 0.909. The molecule has 0 aromatic rings. The van der Waals surface area contributed by atoms with Crippen molar-refractivity contribution < 1.29 is 9.90 Å². The quantitative estimate of drug-likeness (QED) is 0.702. The van der Waals surface area contributed by atoms with Gasteiger partial charge in [-0.1, -0.05) is 0 Å². The summed E-state index contributed by atoms with van der Waals surface area (Å²) in [6.07, 6.45) is 2.57. The van der Waals surface area contributed by atoms with E-state index in [-0.39, 0.29) is 5.92 Å². The lowest BCUT2D eigenvalue weighted by Gasteiger charge is -2.46. The number of hydrogen-bond acceptors (Lipinski definition) is 3. The second kappa shape index (κ2) is 3.46. The van der Waals surface area contributed by atoms with Crippen LogP contribution in [0, 0.1) is 11.8 Å². The summed E-state index contributed by atoms with van der Waals surface area (Å²) in [5, 5.41) is 8.85. The molecule has 84 valence electrons. The van der Waals surface area contributed by atoms with E-state index in [2.05, 4.69) is 9.80 Å². The Morgan fingerprint density at radius 3 is 2.60 bits per heavy atom. The van der Waals surface area contributed by atoms with Crippen molar-refractivity contribution in [3.05, 3.63) is 0 Å². The normalized spacial score (nSPS) is 41.5. The zero-order valence-corrected chi connectivity index (χ0v) is 8.93. The number of hydrogen-bond donors (Lipinski definition) is 1. The number of aliphatic carboxylic acids is 1. The molecule has 0 aromatic heterocycles. The van der Waals surface area contributed by atoms with Crippen LogP contribution < -0.4 is 0 Å². The lowest BCUT2D eigenvalue weighted by atomic mass is 9.87. The number of carboxylic acids is 1. The molecule has 0 spiro atoms. The molecule has 3 atom stereocenters. The summed E-state index contributed by atoms with van der Waals surface area (Å²) in [5.41, 5.74) is 0. The molecule has 3 unspecified atom stereocenters. The first-order valence-corrected chi connectivity index (χ1v) is 5.93. The smallest absolute Gasteiger partial charge is 0.309 e. The molecule has 15 heavy (non-hydrogen) atoms. The summed E-state index contributed by atoms with van der Waals surface area (Å²) in [4.78, 5) is 15.7. The number of carboxylic acid groups (broad SMARTS) is 1. The van der Waals surface area contributed by atoms with Gasteiger partial charge in [0.05, 0.1) is 5.92 Å². The van der Waals surface area contributed by atoms with E-state index >= 15 is 0 Å². The maximum atomic E-state index is 10.7. The second-order valence-corrected chi connectivity index (χ2v) is 5.19. The van der Waals surface area contributed by atoms with E-state index < -0.39 is 5.97 Å². The predicted octanol–water partition coefficient (Wildman–Crippen LogP) is 0.0970. The maximum absolute atomic E-state index is 10.7. The number of rotatable bonds is 2. The number of nitrogens with zero attached hydrogens (tertiary/aromatic N) is 2. The second-order valence-electron chi connectivity index (χ2n) is 5.19. The van der Waals surface area contributed by atoms with E-state index in [1.54, 1.807) is 0 Å². The third kappa shape index (κ3) is 1.56. The molecule has 3 saturated heterocycles. The van der Waals surface area contributed by atoms with Gasteiger partial charge in [-0.25, -0.2) is 0 Å². The largest absolute Gasteiger partial charge is 0.481 e. The monoisotopic (exact) mass is 210 g/mol. The SMILES string of the molecule is O=C(O)C1CN(C2CCN3CCC2C3)C1. The highest BCUT2D eigenvalue weighted by Crippen LogP contribution is 2.34. The van der Waals surface area contributed by atoms with Gasteiger partial charge in [0, 0.05) is 25.7 Å². The summed E-state index contributed by atoms with van der Waals surface area (Å²) >= 11 is 0. The van der Waals surface area contributed by atoms with Crippen molar-refractivity contribution in [3.63, 3.8) is 0 Å². The molecule has 4 heteroatoms. The molecule has 0 aliphatic carbocycles. The Morgan fingerprint density at radius 1 is 1.13 bits per heavy atom. The Morgan fingerprint density at radius 2 is 1.87 bits per heavy atom. The van der Waals surface area contributed by atoms with Gasteiger partial charge >= 0.3 is 5.97 Å². The van der Waals surface area contributed by atoms with Crippen LogP contribution >= 0.6 is 0 Å². The fourth-order valence-corrected chi connectivity index (χ4v) is 3.35. The van der Waals surface area contributed by atoms with Gasteiger partial charge in [-0.3, -0.25) is 9.69 Å². The zero-order chi connectivity index (χ0) is 10.4. The van der Waals surface area contributed by atoms with E-state index in [0.29, 0.717) is 6.04 Å². The molecule has 3 rings (SSSR count). The number of carbonyl (C=O) groups is 1. The van der Waals surface area contributed by atoms with Crippen LogP contribution in [0.2, 0.25) is 0 Å². The van der Waals surface area contributed by atoms with Crippen molar-refractivity contribution in [3.8, 4) is 0 Å². The van der Waals surface area contributed by atoms with Gasteiger partial charge < -0.3 is 10.0 Å². The van der Waals surface area contributed by atoms with E-state index in [4.69, 9.17) is 5.11 Å². The molecule has 2 bridgehead atoms. The van der Waals surface area contributed by atoms with Crippen molar-refractivity contribution in [1.82, 2.24) is 9.80 Å². The highest BCUT2D eigenvalue weighted by atomic mass is 16.4. The minimum atomic E-state index is -0.616. The summed E-state index contributed by atoms with van der Waals surface area (Å²) in [7, 11) is 0. The molecule has 3 aliphatic heterocycles. The van der Waals surface area contributed by atoms with Crippen molar-refractivity contribution in [2.75, 3.05) is 32.7 Å². The van der Waals surface area contributed by atoms with Crippen LogP contribution in [-0.4, -0.2) is 59.6 Å². The van der Waals surface area contributed by atoms with Crippen LogP contribution in [0.4, 0.5) is 0 Å². The highest BCUT2D eigenvalue weighted by molar-refractivity contribution is 5.71. The molecule has 0 amide bonds. The number of piperidine rings is 1. The average molecular weight is 210 g/mol. The summed E-state index contributed by atoms with van der Waals surface area (Å²) in [6, 6.07) is 0.680. The number of fused-ring (bicyclic) bond motifs is 2. The van der Waals surface area contributed by atoms with Crippen molar-refractivity contribution in [2.45, 2.75) is 18.9 Å². The molecule has 0 saturated carbocycles. The first-order chi connectivity index (χ1) is 7.24. The lowest BCUT2D eigenvalue weighted by molar-refractivity contribution is -0.149. The molecule has 0 radical (unpaired) electrons. The Bertz CT molecular complexity index is 276. The van der Waals surface area contributed by atoms with Crippen LogP contribution in [0.1, 0.15) is 12.8 Å². The van der Waals surface area contributed by atoms with E-state index in [0.717, 1.165) is 19.0 Å². The van der Waals surface area contributed by atoms with Crippen LogP contribution in [0.25, 0.3) is 0 Å². The molecular formula is C11H18N2O2. The van der Waals surface area contributed by atoms with Gasteiger partial charge in [0.15, 0.2) is 0 Å². The van der Waals surface area contributed by atoms with Gasteiger partial charge in [0.1, 0.15) is 0 Å². The van der Waals surface area contributed by atoms with E-state index in [9.17, 15) is 4.79 Å². The molecular weight excluding hydrogens is 192 g/mol. The van der Waals surface area contributed by atoms with E-state index in [1.165, 1.54) is 32.5 Å². The van der Waals surface area contributed by atoms with Gasteiger partial charge in [-0.2, -0.15) is 0 Å². The minimum absolute atomic E-state index is 0.0931. The molecule has 4 nitrogen and oxygen atoms in total. The average Bonchev–Trinajstić information content (AvgIpc) is 2.49. The third-order valence-electron chi connectivity index (χ3n) is 4.32. The lowest BCUT2D eigenvalue weighted by Crippen LogP contribution is -2.58. The first kappa shape index (κ1) is 9.60. The molecule has 3 heterocycles. The van der Waals surface area contributed by atoms with Gasteiger partial charge in [-0.15, -0.1) is 0 Å². The van der Waals surface area contributed by atoms with Crippen LogP contribution in [-0.2, 0) is 4.79 Å². The third-order valence-corrected chi connectivity index (χ3v) is 4.32. The van der Waals surface area contributed by atoms with Crippen LogP contribution in [0.3, 0.4) is 0 Å². The standard InChI is InChI=1S/C11H18N2O2/c14-11(15)9-6-13(7-9)10-2-4-12-3-1-8(10)5-12/h8-10H,1-7H2,(H,14,15). The van der Waals surface area contributed by atoms with Crippen LogP contribution in [0.5, 0.6) is 0 Å². The summed E-state index contributed by atoms with van der Waals surface area (Å²) < 4.78 is 0. The fourth-order valence-electron chi connectivity index (χ4n) is 3.35. The zero-order valence-electron chi connectivity index (χ0n) is 8.93. The summed E-state index contributed by atoms with van der Waals surface area (Å²) in [6.45, 7) is 5.30. The number of likely N-dealkylation sites (tertiary alicyclic amines) is 1. The van der Waals surface area contributed by atoms with Crippen molar-refractivity contribution >= 4 is 5.97 Å². The molecule has 3 fully saturated rings. The Labute approximate surface area is 89.8 Å². The predicted molar refractivity (Wildman–Crippen MR) is 55.7 cm³/mol. The van der Waals surface area contributed by atoms with Gasteiger partial charge in [0.25, 0.3) is 0 Å². The van der Waals surface area contributed by atoms with E-state index in [1.807, 2.05) is 0 Å². The van der Waals surface area contributed by atoms with Gasteiger partial charge in [-0.05, 0) is 31.8 Å². The van der Waals surface area contributed by atoms with Crippen molar-refractivity contribution in [2.24, 2.45) is 11.8 Å². The topological polar surface area (TPSA) is 43.8 Å². The Hall–Kier alpha value is -0.610. The maximum Gasteiger partial charge on any atom is 0.309 e.